The molecule has 0 amide bonds. The van der Waals surface area contributed by atoms with Crippen molar-refractivity contribution in [2.45, 2.75) is 19.6 Å². The van der Waals surface area contributed by atoms with Crippen LogP contribution in [0.4, 0.5) is 0 Å². The van der Waals surface area contributed by atoms with E-state index in [2.05, 4.69) is 81.7 Å². The van der Waals surface area contributed by atoms with E-state index in [1.165, 1.54) is 29.7 Å². The first-order valence-corrected chi connectivity index (χ1v) is 17.4. The van der Waals surface area contributed by atoms with Crippen LogP contribution in [0, 0.1) is 0 Å². The molecule has 9 rings (SSSR count). The van der Waals surface area contributed by atoms with E-state index in [-0.39, 0.29) is 5.28 Å². The van der Waals surface area contributed by atoms with Gasteiger partial charge in [-0.1, -0.05) is 95.8 Å². The van der Waals surface area contributed by atoms with Gasteiger partial charge in [-0.15, -0.1) is 22.7 Å². The molecule has 43 heavy (non-hydrogen) atoms. The molecule has 0 spiro atoms. The zero-order valence-electron chi connectivity index (χ0n) is 21.7. The number of aromatic nitrogens is 4. The molecule has 4 aromatic heterocycles. The maximum Gasteiger partial charge on any atom is 0.225 e. The summed E-state index contributed by atoms with van der Waals surface area (Å²) < 4.78 is 2.35. The molecule has 0 aliphatic carbocycles. The van der Waals surface area contributed by atoms with Gasteiger partial charge in [0.05, 0.1) is 11.1 Å². The molecular weight excluding hydrogens is 675 g/mol. The van der Waals surface area contributed by atoms with E-state index in [4.69, 9.17) is 39.8 Å². The molecule has 0 N–H and O–H groups in total. The molecule has 1 aliphatic heterocycles. The topological polar surface area (TPSA) is 51.6 Å². The molecule has 0 atom stereocenters. The SMILES string of the molecule is Clc1nc(-c2cccc3c2Sc2ccccc2S3)c2c(n1)sc1ccccc12.Clc1nc(Cl)c2c(n1)sc1ccccc12. The first-order chi connectivity index (χ1) is 21.0. The fourth-order valence-electron chi connectivity index (χ4n) is 5.08. The highest BCUT2D eigenvalue weighted by Gasteiger charge is 2.23. The number of benzene rings is 4. The molecule has 208 valence electrons. The summed E-state index contributed by atoms with van der Waals surface area (Å²) >= 11 is 25.0. The van der Waals surface area contributed by atoms with Gasteiger partial charge in [-0.25, -0.2) is 19.9 Å². The highest BCUT2D eigenvalue weighted by Crippen LogP contribution is 2.52. The van der Waals surface area contributed by atoms with Crippen molar-refractivity contribution < 1.29 is 0 Å². The summed E-state index contributed by atoms with van der Waals surface area (Å²) in [5, 5.41) is 5.14. The van der Waals surface area contributed by atoms with Crippen LogP contribution < -0.4 is 0 Å². The average Bonchev–Trinajstić information content (AvgIpc) is 3.57. The summed E-state index contributed by atoms with van der Waals surface area (Å²) in [5.74, 6) is 0. The van der Waals surface area contributed by atoms with Gasteiger partial charge in [0.2, 0.25) is 10.6 Å². The van der Waals surface area contributed by atoms with E-state index in [1.54, 1.807) is 34.4 Å². The van der Waals surface area contributed by atoms with Gasteiger partial charge >= 0.3 is 0 Å². The molecule has 0 unspecified atom stereocenters. The van der Waals surface area contributed by atoms with Crippen molar-refractivity contribution in [3.8, 4) is 11.3 Å². The Morgan fingerprint density at radius 2 is 1.05 bits per heavy atom. The van der Waals surface area contributed by atoms with E-state index < -0.39 is 0 Å². The molecule has 0 bridgehead atoms. The van der Waals surface area contributed by atoms with Crippen LogP contribution in [0.15, 0.2) is 111 Å². The first-order valence-electron chi connectivity index (χ1n) is 13.0. The van der Waals surface area contributed by atoms with Gasteiger partial charge in [0, 0.05) is 50.7 Å². The zero-order valence-corrected chi connectivity index (χ0v) is 27.2. The van der Waals surface area contributed by atoms with E-state index in [0.717, 1.165) is 41.8 Å². The summed E-state index contributed by atoms with van der Waals surface area (Å²) in [6.07, 6.45) is 0. The van der Waals surface area contributed by atoms with E-state index in [1.807, 2.05) is 36.0 Å². The van der Waals surface area contributed by atoms with Crippen LogP contribution in [0.3, 0.4) is 0 Å². The molecule has 5 heterocycles. The van der Waals surface area contributed by atoms with Gasteiger partial charge in [-0.2, -0.15) is 0 Å². The smallest absolute Gasteiger partial charge is 0.217 e. The second-order valence-electron chi connectivity index (χ2n) is 9.47. The van der Waals surface area contributed by atoms with Crippen molar-refractivity contribution >= 4 is 122 Å². The first kappa shape index (κ1) is 27.6. The predicted molar refractivity (Wildman–Crippen MR) is 185 cm³/mol. The molecule has 8 aromatic rings. The summed E-state index contributed by atoms with van der Waals surface area (Å²) in [5.41, 5.74) is 2.03. The van der Waals surface area contributed by atoms with Crippen LogP contribution in [0.5, 0.6) is 0 Å². The van der Waals surface area contributed by atoms with Crippen LogP contribution in [-0.2, 0) is 0 Å². The number of hydrogen-bond donors (Lipinski definition) is 0. The van der Waals surface area contributed by atoms with Crippen LogP contribution in [-0.4, -0.2) is 19.9 Å². The quantitative estimate of drug-likeness (QED) is 0.126. The fraction of sp³-hybridized carbons (Fsp3) is 0. The fourth-order valence-corrected chi connectivity index (χ4v) is 10.4. The molecule has 1 aliphatic rings. The Hall–Kier alpha value is -2.95. The second-order valence-corrected chi connectivity index (χ2v) is 14.7. The number of rotatable bonds is 1. The Balaban J connectivity index is 0.000000156. The van der Waals surface area contributed by atoms with Crippen molar-refractivity contribution in [2.24, 2.45) is 0 Å². The van der Waals surface area contributed by atoms with Crippen LogP contribution in [0.2, 0.25) is 15.7 Å². The number of nitrogens with zero attached hydrogens (tertiary/aromatic N) is 4. The maximum atomic E-state index is 6.34. The summed E-state index contributed by atoms with van der Waals surface area (Å²) in [6, 6.07) is 31.3. The van der Waals surface area contributed by atoms with Crippen molar-refractivity contribution in [1.29, 1.82) is 0 Å². The van der Waals surface area contributed by atoms with Crippen molar-refractivity contribution in [1.82, 2.24) is 19.9 Å². The van der Waals surface area contributed by atoms with Crippen LogP contribution in [0.1, 0.15) is 0 Å². The van der Waals surface area contributed by atoms with Gasteiger partial charge in [0.1, 0.15) is 14.8 Å². The van der Waals surface area contributed by atoms with Gasteiger partial charge < -0.3 is 0 Å². The minimum Gasteiger partial charge on any atom is -0.217 e. The third-order valence-electron chi connectivity index (χ3n) is 6.89. The molecule has 0 saturated heterocycles. The normalized spacial score (nSPS) is 12.3. The molecule has 4 nitrogen and oxygen atoms in total. The zero-order chi connectivity index (χ0) is 29.1. The molecule has 0 fully saturated rings. The molecule has 4 aromatic carbocycles. The highest BCUT2D eigenvalue weighted by atomic mass is 35.5. The summed E-state index contributed by atoms with van der Waals surface area (Å²) in [6.45, 7) is 0. The standard InChI is InChI=1S/C22H11ClN2S3.C10H4Cl2N2S/c23-22-24-19(18-12-6-1-2-8-14(12)28-21(18)25-22)13-7-5-11-17-20(13)27-16-10-4-3-9-15(16)26-17;11-8-7-5-3-1-2-4-6(5)15-9(7)14-10(12)13-8/h1-11H;1-4H. The molecule has 11 heteroatoms. The third-order valence-corrected chi connectivity index (χ3v) is 12.2. The Bertz CT molecular complexity index is 2370. The summed E-state index contributed by atoms with van der Waals surface area (Å²) in [4.78, 5) is 24.1. The summed E-state index contributed by atoms with van der Waals surface area (Å²) in [7, 11) is 0. The van der Waals surface area contributed by atoms with Gasteiger partial charge in [-0.3, -0.25) is 0 Å². The molecule has 0 radical (unpaired) electrons. The van der Waals surface area contributed by atoms with Gasteiger partial charge in [0.25, 0.3) is 0 Å². The van der Waals surface area contributed by atoms with E-state index in [0.29, 0.717) is 10.4 Å². The van der Waals surface area contributed by atoms with Crippen LogP contribution >= 0.6 is 81.0 Å². The lowest BCUT2D eigenvalue weighted by Gasteiger charge is -2.21. The van der Waals surface area contributed by atoms with Crippen molar-refractivity contribution in [3.63, 3.8) is 0 Å². The largest absolute Gasteiger partial charge is 0.225 e. The predicted octanol–water partition coefficient (Wildman–Crippen LogP) is 11.9. The lowest BCUT2D eigenvalue weighted by Crippen LogP contribution is -1.95. The lowest BCUT2D eigenvalue weighted by atomic mass is 10.1. The van der Waals surface area contributed by atoms with Crippen molar-refractivity contribution in [3.05, 3.63) is 107 Å². The Morgan fingerprint density at radius 3 is 1.77 bits per heavy atom. The van der Waals surface area contributed by atoms with Gasteiger partial charge in [0.15, 0.2) is 0 Å². The number of hydrogen-bond acceptors (Lipinski definition) is 8. The van der Waals surface area contributed by atoms with Gasteiger partial charge in [-0.05, 0) is 53.5 Å². The number of halogens is 3. The second kappa shape index (κ2) is 11.2. The van der Waals surface area contributed by atoms with Crippen molar-refractivity contribution in [2.75, 3.05) is 0 Å². The Labute approximate surface area is 277 Å². The number of thiophene rings is 2. The average molecular weight is 690 g/mol. The van der Waals surface area contributed by atoms with Crippen LogP contribution in [0.25, 0.3) is 51.9 Å². The third kappa shape index (κ3) is 4.95. The highest BCUT2D eigenvalue weighted by molar-refractivity contribution is 8.05. The molecule has 0 saturated carbocycles. The minimum absolute atomic E-state index is 0.194. The Morgan fingerprint density at radius 1 is 0.488 bits per heavy atom. The Kier molecular flexibility index (Phi) is 7.19. The lowest BCUT2D eigenvalue weighted by molar-refractivity contribution is 1.14. The number of fused-ring (bicyclic) bond motifs is 8. The maximum absolute atomic E-state index is 6.34. The molecular formula is C32H15Cl3N4S4. The van der Waals surface area contributed by atoms with E-state index in [9.17, 15) is 0 Å². The van der Waals surface area contributed by atoms with E-state index >= 15 is 0 Å². The monoisotopic (exact) mass is 688 g/mol. The minimum atomic E-state index is 0.194.